The summed E-state index contributed by atoms with van der Waals surface area (Å²) in [6, 6.07) is 8.24. The molecule has 3 aromatic heterocycles. The van der Waals surface area contributed by atoms with Crippen molar-refractivity contribution in [3.63, 3.8) is 0 Å². The van der Waals surface area contributed by atoms with E-state index in [2.05, 4.69) is 38.9 Å². The molecule has 1 N–H and O–H groups in total. The highest BCUT2D eigenvalue weighted by atomic mass is 32.1. The Kier molecular flexibility index (Phi) is 5.88. The number of hydrogen-bond acceptors (Lipinski definition) is 8. The van der Waals surface area contributed by atoms with Gasteiger partial charge in [0, 0.05) is 35.3 Å². The first-order chi connectivity index (χ1) is 15.3. The number of ether oxygens (including phenoxy) is 2. The van der Waals surface area contributed by atoms with E-state index >= 15 is 0 Å². The van der Waals surface area contributed by atoms with Crippen LogP contribution in [-0.4, -0.2) is 72.9 Å². The van der Waals surface area contributed by atoms with Gasteiger partial charge in [0.15, 0.2) is 11.6 Å². The normalized spacial score (nSPS) is 14.5. The molecule has 0 aliphatic carbocycles. The first-order valence-corrected chi connectivity index (χ1v) is 11.2. The van der Waals surface area contributed by atoms with Crippen LogP contribution in [0.2, 0.25) is 0 Å². The number of aromatic amines is 1. The second-order valence-corrected chi connectivity index (χ2v) is 8.48. The molecular weight excluding hydrogens is 412 g/mol. The van der Waals surface area contributed by atoms with Gasteiger partial charge in [-0.25, -0.2) is 9.97 Å². The molecule has 0 radical (unpaired) electrons. The van der Waals surface area contributed by atoms with Crippen LogP contribution in [0.1, 0.15) is 4.88 Å². The lowest BCUT2D eigenvalue weighted by Crippen LogP contribution is -2.36. The highest BCUT2D eigenvalue weighted by Gasteiger charge is 2.21. The SMILES string of the molecule is C=NCCOCCc1cc2nc(-c3cccc4[nH]ncc34)nc(N3CCOCC3)c2s1. The summed E-state index contributed by atoms with van der Waals surface area (Å²) in [5, 5.41) is 8.25. The van der Waals surface area contributed by atoms with Gasteiger partial charge in [-0.3, -0.25) is 10.1 Å². The van der Waals surface area contributed by atoms with Crippen LogP contribution in [0.15, 0.2) is 35.5 Å². The zero-order valence-corrected chi connectivity index (χ0v) is 18.0. The monoisotopic (exact) mass is 436 g/mol. The highest BCUT2D eigenvalue weighted by molar-refractivity contribution is 7.19. The summed E-state index contributed by atoms with van der Waals surface area (Å²) in [5.74, 6) is 1.70. The molecule has 0 spiro atoms. The number of H-pyrrole nitrogens is 1. The molecule has 31 heavy (non-hydrogen) atoms. The van der Waals surface area contributed by atoms with E-state index in [0.29, 0.717) is 33.0 Å². The van der Waals surface area contributed by atoms with Crippen LogP contribution in [-0.2, 0) is 15.9 Å². The molecule has 0 atom stereocenters. The van der Waals surface area contributed by atoms with Gasteiger partial charge >= 0.3 is 0 Å². The summed E-state index contributed by atoms with van der Waals surface area (Å²) in [4.78, 5) is 17.3. The lowest BCUT2D eigenvalue weighted by molar-refractivity contribution is 0.122. The number of thiophene rings is 1. The van der Waals surface area contributed by atoms with Crippen molar-refractivity contribution in [2.45, 2.75) is 6.42 Å². The van der Waals surface area contributed by atoms with Crippen molar-refractivity contribution >= 4 is 45.0 Å². The summed E-state index contributed by atoms with van der Waals surface area (Å²) in [7, 11) is 0. The minimum Gasteiger partial charge on any atom is -0.379 e. The molecule has 0 amide bonds. The number of benzene rings is 1. The van der Waals surface area contributed by atoms with E-state index in [4.69, 9.17) is 19.4 Å². The van der Waals surface area contributed by atoms with Crippen LogP contribution in [0, 0.1) is 0 Å². The van der Waals surface area contributed by atoms with Crippen LogP contribution in [0.3, 0.4) is 0 Å². The van der Waals surface area contributed by atoms with E-state index in [1.165, 1.54) is 4.88 Å². The smallest absolute Gasteiger partial charge is 0.162 e. The Hall–Kier alpha value is -2.88. The Balaban J connectivity index is 1.54. The molecule has 5 rings (SSSR count). The number of fused-ring (bicyclic) bond motifs is 2. The molecule has 0 unspecified atom stereocenters. The molecule has 1 aromatic carbocycles. The van der Waals surface area contributed by atoms with Crippen molar-refractivity contribution in [2.75, 3.05) is 51.0 Å². The van der Waals surface area contributed by atoms with Crippen molar-refractivity contribution < 1.29 is 9.47 Å². The number of nitrogens with one attached hydrogen (secondary N) is 1. The minimum atomic E-state index is 0.603. The number of rotatable bonds is 8. The lowest BCUT2D eigenvalue weighted by Gasteiger charge is -2.28. The third-order valence-electron chi connectivity index (χ3n) is 5.33. The lowest BCUT2D eigenvalue weighted by atomic mass is 10.1. The Bertz CT molecular complexity index is 1200. The Labute approximate surface area is 183 Å². The molecule has 0 saturated carbocycles. The maximum absolute atomic E-state index is 5.65. The van der Waals surface area contributed by atoms with Crippen LogP contribution in [0.25, 0.3) is 32.5 Å². The minimum absolute atomic E-state index is 0.603. The number of morpholine rings is 1. The van der Waals surface area contributed by atoms with E-state index < -0.39 is 0 Å². The molecule has 1 fully saturated rings. The Morgan fingerprint density at radius 3 is 3.00 bits per heavy atom. The van der Waals surface area contributed by atoms with Gasteiger partial charge in [-0.15, -0.1) is 11.3 Å². The van der Waals surface area contributed by atoms with Gasteiger partial charge in [-0.05, 0) is 18.9 Å². The summed E-state index contributed by atoms with van der Waals surface area (Å²) < 4.78 is 12.3. The maximum atomic E-state index is 5.65. The number of aliphatic imine (C=N–C) groups is 1. The predicted molar refractivity (Wildman–Crippen MR) is 124 cm³/mol. The molecule has 4 heterocycles. The van der Waals surface area contributed by atoms with Gasteiger partial charge in [0.1, 0.15) is 0 Å². The van der Waals surface area contributed by atoms with Gasteiger partial charge < -0.3 is 14.4 Å². The molecule has 0 bridgehead atoms. The molecule has 4 aromatic rings. The third kappa shape index (κ3) is 4.16. The quantitative estimate of drug-likeness (QED) is 0.337. The molecule has 8 nitrogen and oxygen atoms in total. The summed E-state index contributed by atoms with van der Waals surface area (Å²) in [6.07, 6.45) is 2.68. The van der Waals surface area contributed by atoms with Crippen LogP contribution >= 0.6 is 11.3 Å². The second kappa shape index (κ2) is 9.09. The van der Waals surface area contributed by atoms with Gasteiger partial charge in [0.2, 0.25) is 0 Å². The summed E-state index contributed by atoms with van der Waals surface area (Å²) in [6.45, 7) is 8.44. The van der Waals surface area contributed by atoms with Crippen molar-refractivity contribution in [3.8, 4) is 11.4 Å². The number of nitrogens with zero attached hydrogens (tertiary/aromatic N) is 5. The van der Waals surface area contributed by atoms with Crippen molar-refractivity contribution in [2.24, 2.45) is 4.99 Å². The number of hydrogen-bond donors (Lipinski definition) is 1. The average molecular weight is 437 g/mol. The average Bonchev–Trinajstić information content (AvgIpc) is 3.45. The van der Waals surface area contributed by atoms with E-state index in [9.17, 15) is 0 Å². The van der Waals surface area contributed by atoms with Crippen molar-refractivity contribution in [3.05, 3.63) is 35.3 Å². The van der Waals surface area contributed by atoms with Gasteiger partial charge in [0.25, 0.3) is 0 Å². The maximum Gasteiger partial charge on any atom is 0.162 e. The first kappa shape index (κ1) is 20.0. The van der Waals surface area contributed by atoms with E-state index in [-0.39, 0.29) is 0 Å². The largest absolute Gasteiger partial charge is 0.379 e. The van der Waals surface area contributed by atoms with Gasteiger partial charge in [-0.2, -0.15) is 5.10 Å². The van der Waals surface area contributed by atoms with E-state index in [1.807, 2.05) is 18.3 Å². The van der Waals surface area contributed by atoms with Crippen molar-refractivity contribution in [1.29, 1.82) is 0 Å². The van der Waals surface area contributed by atoms with Gasteiger partial charge in [-0.1, -0.05) is 12.1 Å². The Morgan fingerprint density at radius 1 is 1.23 bits per heavy atom. The number of anilines is 1. The standard InChI is InChI=1S/C22H24N6O2S/c1-23-6-10-29-9-5-15-13-19-20(31-15)22(28-7-11-30-12-8-28)26-21(25-19)16-3-2-4-18-17(16)14-24-27-18/h2-4,13-14H,1,5-12H2,(H,24,27). The van der Waals surface area contributed by atoms with Crippen LogP contribution in [0.5, 0.6) is 0 Å². The fraction of sp³-hybridized carbons (Fsp3) is 0.364. The molecule has 160 valence electrons. The fourth-order valence-electron chi connectivity index (χ4n) is 3.76. The third-order valence-corrected chi connectivity index (χ3v) is 6.51. The molecule has 1 aliphatic rings. The van der Waals surface area contributed by atoms with E-state index in [0.717, 1.165) is 57.8 Å². The molecule has 9 heteroatoms. The van der Waals surface area contributed by atoms with Crippen LogP contribution < -0.4 is 4.90 Å². The summed E-state index contributed by atoms with van der Waals surface area (Å²) >= 11 is 1.75. The Morgan fingerprint density at radius 2 is 2.13 bits per heavy atom. The highest BCUT2D eigenvalue weighted by Crippen LogP contribution is 2.36. The fourth-order valence-corrected chi connectivity index (χ4v) is 4.86. The molecular formula is C22H24N6O2S. The zero-order chi connectivity index (χ0) is 21.0. The van der Waals surface area contributed by atoms with Gasteiger partial charge in [0.05, 0.1) is 54.9 Å². The second-order valence-electron chi connectivity index (χ2n) is 7.34. The molecule has 1 saturated heterocycles. The first-order valence-electron chi connectivity index (χ1n) is 10.4. The topological polar surface area (TPSA) is 88.5 Å². The molecule has 1 aliphatic heterocycles. The predicted octanol–water partition coefficient (Wildman–Crippen LogP) is 3.33. The van der Waals surface area contributed by atoms with E-state index in [1.54, 1.807) is 11.3 Å². The summed E-state index contributed by atoms with van der Waals surface area (Å²) in [5.41, 5.74) is 2.93. The van der Waals surface area contributed by atoms with Crippen molar-refractivity contribution in [1.82, 2.24) is 20.2 Å². The van der Waals surface area contributed by atoms with Crippen LogP contribution in [0.4, 0.5) is 5.82 Å². The number of aromatic nitrogens is 4. The zero-order valence-electron chi connectivity index (χ0n) is 17.2.